The van der Waals surface area contributed by atoms with E-state index in [1.54, 1.807) is 31.4 Å². The van der Waals surface area contributed by atoms with Crippen LogP contribution in [0.25, 0.3) is 0 Å². The van der Waals surface area contributed by atoms with Crippen molar-refractivity contribution < 1.29 is 24.5 Å². The number of methoxy groups -OCH3 is 1. The molecule has 194 valence electrons. The van der Waals surface area contributed by atoms with E-state index < -0.39 is 12.1 Å². The molecule has 0 radical (unpaired) electrons. The van der Waals surface area contributed by atoms with Gasteiger partial charge in [-0.2, -0.15) is 0 Å². The number of aryl methyl sites for hydroxylation is 1. The highest BCUT2D eigenvalue weighted by Crippen LogP contribution is 2.50. The van der Waals surface area contributed by atoms with E-state index in [0.717, 1.165) is 22.4 Å². The number of rotatable bonds is 7. The van der Waals surface area contributed by atoms with Gasteiger partial charge in [0.2, 0.25) is 5.91 Å². The van der Waals surface area contributed by atoms with Gasteiger partial charge in [-0.15, -0.1) is 0 Å². The van der Waals surface area contributed by atoms with E-state index in [9.17, 15) is 15.0 Å². The number of likely N-dealkylation sites (tertiary alicyclic amines) is 1. The zero-order valence-corrected chi connectivity index (χ0v) is 21.6. The molecule has 0 spiro atoms. The summed E-state index contributed by atoms with van der Waals surface area (Å²) < 4.78 is 10.9. The molecule has 2 aliphatic rings. The van der Waals surface area contributed by atoms with Crippen LogP contribution >= 0.6 is 11.6 Å². The lowest BCUT2D eigenvalue weighted by Crippen LogP contribution is -2.41. The molecule has 2 heterocycles. The Balaban J connectivity index is 1.59. The summed E-state index contributed by atoms with van der Waals surface area (Å²) >= 11 is 6.43. The molecule has 3 aromatic carbocycles. The molecule has 4 N–H and O–H groups in total. The average molecular weight is 524 g/mol. The second-order valence-electron chi connectivity index (χ2n) is 9.40. The number of hydrazine groups is 1. The molecule has 4 atom stereocenters. The molecule has 2 aliphatic heterocycles. The first-order chi connectivity index (χ1) is 17.8. The predicted octanol–water partition coefficient (Wildman–Crippen LogP) is 4.38. The van der Waals surface area contributed by atoms with Crippen molar-refractivity contribution in [2.24, 2.45) is 5.92 Å². The van der Waals surface area contributed by atoms with E-state index in [4.69, 9.17) is 21.1 Å². The lowest BCUT2D eigenvalue weighted by atomic mass is 9.82. The number of hydrogen-bond acceptors (Lipinski definition) is 7. The third kappa shape index (κ3) is 4.56. The fourth-order valence-corrected chi connectivity index (χ4v) is 5.56. The fourth-order valence-electron chi connectivity index (χ4n) is 5.39. The van der Waals surface area contributed by atoms with Gasteiger partial charge in [0.15, 0.2) is 11.5 Å². The smallest absolute Gasteiger partial charge is 0.242 e. The number of aromatic hydroxyl groups is 2. The zero-order chi connectivity index (χ0) is 26.3. The largest absolute Gasteiger partial charge is 0.508 e. The minimum atomic E-state index is -0.530. The zero-order valence-electron chi connectivity index (χ0n) is 20.9. The number of phenolic OH excluding ortho intramolecular Hbond substituents is 2. The average Bonchev–Trinajstić information content (AvgIpc) is 3.42. The minimum Gasteiger partial charge on any atom is -0.508 e. The molecule has 2 fully saturated rings. The van der Waals surface area contributed by atoms with Crippen LogP contribution in [0, 0.1) is 12.8 Å². The second-order valence-corrected chi connectivity index (χ2v) is 9.81. The highest BCUT2D eigenvalue weighted by Gasteiger charge is 2.56. The van der Waals surface area contributed by atoms with Gasteiger partial charge in [0.1, 0.15) is 17.5 Å². The van der Waals surface area contributed by atoms with Crippen molar-refractivity contribution in [3.8, 4) is 23.0 Å². The molecule has 8 nitrogen and oxygen atoms in total. The van der Waals surface area contributed by atoms with E-state index >= 15 is 0 Å². The summed E-state index contributed by atoms with van der Waals surface area (Å²) in [6, 6.07) is 14.9. The van der Waals surface area contributed by atoms with Crippen molar-refractivity contribution >= 4 is 17.5 Å². The predicted molar refractivity (Wildman–Crippen MR) is 140 cm³/mol. The lowest BCUT2D eigenvalue weighted by molar-refractivity contribution is -0.131. The standard InChI is InChI=1S/C28H30ClN3O5/c1-4-37-23-12-17(7-10-21(23)33)27-24-25(19-13-20(29)15(2)11-22(19)34)30-31-26(24)28(35)32(27)14-16-5-8-18(36-3)9-6-16/h5-13,24-27,30-31,33-34H,4,14H2,1-3H3. The van der Waals surface area contributed by atoms with Gasteiger partial charge >= 0.3 is 0 Å². The number of benzene rings is 3. The second kappa shape index (κ2) is 10.1. The van der Waals surface area contributed by atoms with Crippen molar-refractivity contribution in [2.75, 3.05) is 13.7 Å². The van der Waals surface area contributed by atoms with Gasteiger partial charge in [-0.1, -0.05) is 29.8 Å². The molecule has 3 aromatic rings. The molecule has 4 unspecified atom stereocenters. The third-order valence-corrected chi connectivity index (χ3v) is 7.60. The SMILES string of the molecule is CCOc1cc(C2C3C(NNC3c3cc(Cl)c(C)cc3O)C(=O)N2Cc2ccc(OC)cc2)ccc1O. The molecule has 1 amide bonds. The summed E-state index contributed by atoms with van der Waals surface area (Å²) in [7, 11) is 1.61. The third-order valence-electron chi connectivity index (χ3n) is 7.19. The van der Waals surface area contributed by atoms with Gasteiger partial charge in [0, 0.05) is 23.0 Å². The maximum absolute atomic E-state index is 13.8. The van der Waals surface area contributed by atoms with Crippen molar-refractivity contribution in [2.45, 2.75) is 38.5 Å². The normalized spacial score (nSPS) is 22.8. The first kappa shape index (κ1) is 25.2. The van der Waals surface area contributed by atoms with Crippen molar-refractivity contribution in [3.05, 3.63) is 81.9 Å². The molecule has 0 aromatic heterocycles. The Kier molecular flexibility index (Phi) is 6.90. The molecule has 0 saturated carbocycles. The Morgan fingerprint density at radius 3 is 2.43 bits per heavy atom. The Bertz CT molecular complexity index is 1320. The fraction of sp³-hybridized carbons (Fsp3) is 0.321. The molecule has 0 aliphatic carbocycles. The number of carbonyl (C=O) groups excluding carboxylic acids is 1. The van der Waals surface area contributed by atoms with Crippen LogP contribution in [0.4, 0.5) is 0 Å². The number of carbonyl (C=O) groups is 1. The van der Waals surface area contributed by atoms with E-state index in [1.807, 2.05) is 49.1 Å². The van der Waals surface area contributed by atoms with E-state index in [-0.39, 0.29) is 29.4 Å². The monoisotopic (exact) mass is 523 g/mol. The highest BCUT2D eigenvalue weighted by atomic mass is 35.5. The number of nitrogens with one attached hydrogen (secondary N) is 2. The molecule has 9 heteroatoms. The number of halogens is 1. The van der Waals surface area contributed by atoms with Crippen LogP contribution in [0.5, 0.6) is 23.0 Å². The maximum Gasteiger partial charge on any atom is 0.242 e. The first-order valence-corrected chi connectivity index (χ1v) is 12.6. The van der Waals surface area contributed by atoms with Gasteiger partial charge in [0.05, 0.1) is 25.8 Å². The molecule has 2 saturated heterocycles. The van der Waals surface area contributed by atoms with Gasteiger partial charge < -0.3 is 24.6 Å². The van der Waals surface area contributed by atoms with Crippen LogP contribution in [0.3, 0.4) is 0 Å². The van der Waals surface area contributed by atoms with Gasteiger partial charge in [-0.25, -0.2) is 10.9 Å². The summed E-state index contributed by atoms with van der Waals surface area (Å²) in [6.07, 6.45) is 0. The Morgan fingerprint density at radius 2 is 1.73 bits per heavy atom. The molecule has 0 bridgehead atoms. The topological polar surface area (TPSA) is 103 Å². The Morgan fingerprint density at radius 1 is 1.00 bits per heavy atom. The van der Waals surface area contributed by atoms with E-state index in [2.05, 4.69) is 10.9 Å². The summed E-state index contributed by atoms with van der Waals surface area (Å²) in [6.45, 7) is 4.45. The van der Waals surface area contributed by atoms with E-state index in [0.29, 0.717) is 29.5 Å². The maximum atomic E-state index is 13.8. The molecular formula is C28H30ClN3O5. The van der Waals surface area contributed by atoms with E-state index in [1.165, 1.54) is 0 Å². The van der Waals surface area contributed by atoms with Crippen molar-refractivity contribution in [1.29, 1.82) is 0 Å². The van der Waals surface area contributed by atoms with Gasteiger partial charge in [0.25, 0.3) is 0 Å². The van der Waals surface area contributed by atoms with Crippen molar-refractivity contribution in [1.82, 2.24) is 15.8 Å². The van der Waals surface area contributed by atoms with Crippen LogP contribution in [0.1, 0.15) is 41.3 Å². The summed E-state index contributed by atoms with van der Waals surface area (Å²) in [5.74, 6) is 0.899. The first-order valence-electron chi connectivity index (χ1n) is 12.2. The van der Waals surface area contributed by atoms with Gasteiger partial charge in [-0.3, -0.25) is 4.79 Å². The Labute approximate surface area is 220 Å². The molecular weight excluding hydrogens is 494 g/mol. The summed E-state index contributed by atoms with van der Waals surface area (Å²) in [4.78, 5) is 15.6. The van der Waals surface area contributed by atoms with Crippen LogP contribution < -0.4 is 20.3 Å². The molecule has 5 rings (SSSR count). The number of ether oxygens (including phenoxy) is 2. The Hall–Kier alpha value is -3.46. The van der Waals surface area contributed by atoms with Crippen LogP contribution in [0.2, 0.25) is 5.02 Å². The summed E-state index contributed by atoms with van der Waals surface area (Å²) in [5, 5.41) is 21.7. The lowest BCUT2D eigenvalue weighted by Gasteiger charge is -2.32. The molecule has 37 heavy (non-hydrogen) atoms. The number of fused-ring (bicyclic) bond motifs is 1. The van der Waals surface area contributed by atoms with Crippen molar-refractivity contribution in [3.63, 3.8) is 0 Å². The van der Waals surface area contributed by atoms with Crippen LogP contribution in [-0.4, -0.2) is 40.8 Å². The number of amides is 1. The highest BCUT2D eigenvalue weighted by molar-refractivity contribution is 6.31. The number of nitrogens with zero attached hydrogens (tertiary/aromatic N) is 1. The quantitative estimate of drug-likeness (QED) is 0.364. The number of hydrogen-bond donors (Lipinski definition) is 4. The van der Waals surface area contributed by atoms with Crippen LogP contribution in [0.15, 0.2) is 54.6 Å². The summed E-state index contributed by atoms with van der Waals surface area (Å²) in [5.41, 5.74) is 9.56. The van der Waals surface area contributed by atoms with Crippen LogP contribution in [-0.2, 0) is 11.3 Å². The number of phenols is 2. The van der Waals surface area contributed by atoms with Gasteiger partial charge in [-0.05, 0) is 66.9 Å². The minimum absolute atomic E-state index is 0.0374.